The summed E-state index contributed by atoms with van der Waals surface area (Å²) in [4.78, 5) is 32.6. The Kier molecular flexibility index (Phi) is 11.6. The zero-order valence-electron chi connectivity index (χ0n) is 24.5. The fourth-order valence-electron chi connectivity index (χ4n) is 5.26. The highest BCUT2D eigenvalue weighted by Gasteiger charge is 2.34. The third-order valence-electron chi connectivity index (χ3n) is 7.55. The van der Waals surface area contributed by atoms with Crippen LogP contribution >= 0.6 is 23.5 Å². The number of benzene rings is 3. The Morgan fingerprint density at radius 1 is 0.930 bits per heavy atom. The molecule has 2 amide bonds. The SMILES string of the molecule is CSc1ccc(CN(Cc2ccc(SC)cc2)C2CCN(C)CC2NC(=O)CNC(=O)c2cccc(C(F)(F)F)c2)cc1. The highest BCUT2D eigenvalue weighted by molar-refractivity contribution is 7.98. The van der Waals surface area contributed by atoms with Gasteiger partial charge in [0, 0.05) is 41.0 Å². The van der Waals surface area contributed by atoms with Gasteiger partial charge >= 0.3 is 6.18 Å². The molecule has 1 aliphatic heterocycles. The standard InChI is InChI=1S/C32H37F3N4O2S2/c1-38-16-15-29(28(21-38)37-30(40)18-36-31(41)24-5-4-6-25(17-24)32(33,34)35)39(19-22-7-11-26(42-2)12-8-22)20-23-9-13-27(43-3)14-10-23/h4-14,17,28-29H,15-16,18-21H2,1-3H3,(H,36,41)(H,37,40). The number of carbonyl (C=O) groups is 2. The minimum atomic E-state index is -4.56. The second kappa shape index (κ2) is 15.1. The van der Waals surface area contributed by atoms with Gasteiger partial charge in [-0.25, -0.2) is 0 Å². The fraction of sp³-hybridized carbons (Fsp3) is 0.375. The van der Waals surface area contributed by atoms with Crippen molar-refractivity contribution in [3.63, 3.8) is 0 Å². The molecule has 0 saturated carbocycles. The molecule has 1 aliphatic rings. The highest BCUT2D eigenvalue weighted by Crippen LogP contribution is 2.29. The van der Waals surface area contributed by atoms with Crippen LogP contribution in [0.1, 0.15) is 33.5 Å². The van der Waals surface area contributed by atoms with Crippen molar-refractivity contribution in [1.82, 2.24) is 20.4 Å². The number of likely N-dealkylation sites (tertiary alicyclic amines) is 1. The molecule has 0 bridgehead atoms. The summed E-state index contributed by atoms with van der Waals surface area (Å²) in [5.41, 5.74) is 1.29. The largest absolute Gasteiger partial charge is 0.416 e. The van der Waals surface area contributed by atoms with Crippen molar-refractivity contribution in [3.05, 3.63) is 95.1 Å². The molecule has 2 N–H and O–H groups in total. The number of hydrogen-bond acceptors (Lipinski definition) is 6. The van der Waals surface area contributed by atoms with Crippen molar-refractivity contribution >= 4 is 35.3 Å². The molecule has 0 spiro atoms. The fourth-order valence-corrected chi connectivity index (χ4v) is 6.08. The summed E-state index contributed by atoms with van der Waals surface area (Å²) in [6.07, 6.45) is 0.375. The van der Waals surface area contributed by atoms with E-state index in [2.05, 4.69) is 69.0 Å². The molecule has 2 unspecified atom stereocenters. The van der Waals surface area contributed by atoms with E-state index in [9.17, 15) is 22.8 Å². The number of amides is 2. The second-order valence-corrected chi connectivity index (χ2v) is 12.4. The third-order valence-corrected chi connectivity index (χ3v) is 9.03. The average molecular weight is 631 g/mol. The molecule has 43 heavy (non-hydrogen) atoms. The van der Waals surface area contributed by atoms with Crippen LogP contribution in [-0.4, -0.2) is 72.9 Å². The van der Waals surface area contributed by atoms with Gasteiger partial charge in [-0.15, -0.1) is 23.5 Å². The molecule has 1 heterocycles. The van der Waals surface area contributed by atoms with Crippen molar-refractivity contribution in [1.29, 1.82) is 0 Å². The van der Waals surface area contributed by atoms with E-state index in [0.717, 1.165) is 25.1 Å². The summed E-state index contributed by atoms with van der Waals surface area (Å²) < 4.78 is 39.2. The number of carbonyl (C=O) groups excluding carboxylic acids is 2. The first-order chi connectivity index (χ1) is 20.5. The van der Waals surface area contributed by atoms with E-state index >= 15 is 0 Å². The second-order valence-electron chi connectivity index (χ2n) is 10.7. The maximum absolute atomic E-state index is 13.1. The first-order valence-electron chi connectivity index (χ1n) is 14.0. The number of nitrogens with zero attached hydrogens (tertiary/aromatic N) is 2. The molecular formula is C32H37F3N4O2S2. The number of thioether (sulfide) groups is 2. The first kappa shape index (κ1) is 32.9. The summed E-state index contributed by atoms with van der Waals surface area (Å²) >= 11 is 3.39. The maximum Gasteiger partial charge on any atom is 0.416 e. The molecule has 4 rings (SSSR count). The predicted octanol–water partition coefficient (Wildman–Crippen LogP) is 5.77. The van der Waals surface area contributed by atoms with Crippen LogP contribution in [0.3, 0.4) is 0 Å². The summed E-state index contributed by atoms with van der Waals surface area (Å²) in [6.45, 7) is 2.56. The summed E-state index contributed by atoms with van der Waals surface area (Å²) in [6, 6.07) is 21.0. The van der Waals surface area contributed by atoms with Crippen LogP contribution in [0.15, 0.2) is 82.6 Å². The van der Waals surface area contributed by atoms with Crippen LogP contribution in [0, 0.1) is 0 Å². The Bertz CT molecular complexity index is 1320. The van der Waals surface area contributed by atoms with Gasteiger partial charge in [0.25, 0.3) is 5.91 Å². The van der Waals surface area contributed by atoms with E-state index in [4.69, 9.17) is 0 Å². The zero-order valence-corrected chi connectivity index (χ0v) is 26.1. The molecule has 1 saturated heterocycles. The molecule has 11 heteroatoms. The summed E-state index contributed by atoms with van der Waals surface area (Å²) in [5.74, 6) is -1.12. The number of hydrogen-bond donors (Lipinski definition) is 2. The number of nitrogens with one attached hydrogen (secondary N) is 2. The number of halogens is 3. The van der Waals surface area contributed by atoms with E-state index in [1.54, 1.807) is 23.5 Å². The van der Waals surface area contributed by atoms with Crippen LogP contribution < -0.4 is 10.6 Å². The Labute approximate surface area is 259 Å². The Hall–Kier alpha value is -2.99. The van der Waals surface area contributed by atoms with Crippen LogP contribution in [0.25, 0.3) is 0 Å². The minimum absolute atomic E-state index is 0.0276. The van der Waals surface area contributed by atoms with Gasteiger partial charge in [-0.1, -0.05) is 30.3 Å². The summed E-state index contributed by atoms with van der Waals surface area (Å²) in [7, 11) is 2.01. The lowest BCUT2D eigenvalue weighted by Crippen LogP contribution is -2.60. The molecular weight excluding hydrogens is 594 g/mol. The van der Waals surface area contributed by atoms with E-state index < -0.39 is 17.6 Å². The third kappa shape index (κ3) is 9.50. The molecule has 0 radical (unpaired) electrons. The van der Waals surface area contributed by atoms with Crippen LogP contribution in [0.5, 0.6) is 0 Å². The van der Waals surface area contributed by atoms with Crippen LogP contribution in [0.4, 0.5) is 13.2 Å². The van der Waals surface area contributed by atoms with E-state index in [0.29, 0.717) is 19.6 Å². The average Bonchev–Trinajstić information content (AvgIpc) is 3.00. The van der Waals surface area contributed by atoms with E-state index in [-0.39, 0.29) is 30.1 Å². The quantitative estimate of drug-likeness (QED) is 0.263. The van der Waals surface area contributed by atoms with Gasteiger partial charge in [0.2, 0.25) is 5.91 Å². The van der Waals surface area contributed by atoms with Crippen molar-refractivity contribution < 1.29 is 22.8 Å². The van der Waals surface area contributed by atoms with Gasteiger partial charge < -0.3 is 15.5 Å². The number of piperidine rings is 1. The van der Waals surface area contributed by atoms with Crippen LogP contribution in [0.2, 0.25) is 0 Å². The van der Waals surface area contributed by atoms with Gasteiger partial charge in [0.1, 0.15) is 0 Å². The van der Waals surface area contributed by atoms with Gasteiger partial charge in [0.15, 0.2) is 0 Å². The zero-order chi connectivity index (χ0) is 31.0. The molecule has 1 fully saturated rings. The molecule has 3 aromatic carbocycles. The number of alkyl halides is 3. The van der Waals surface area contributed by atoms with Crippen molar-refractivity contribution in [2.75, 3.05) is 39.2 Å². The molecule has 3 aromatic rings. The molecule has 0 aliphatic carbocycles. The normalized spacial score (nSPS) is 17.6. The lowest BCUT2D eigenvalue weighted by molar-refractivity contribution is -0.137. The van der Waals surface area contributed by atoms with Gasteiger partial charge in [-0.2, -0.15) is 13.2 Å². The molecule has 6 nitrogen and oxygen atoms in total. The molecule has 230 valence electrons. The van der Waals surface area contributed by atoms with Gasteiger partial charge in [-0.3, -0.25) is 14.5 Å². The van der Waals surface area contributed by atoms with E-state index in [1.807, 2.05) is 19.6 Å². The summed E-state index contributed by atoms with van der Waals surface area (Å²) in [5, 5.41) is 5.58. The topological polar surface area (TPSA) is 64.7 Å². The Morgan fingerprint density at radius 2 is 1.51 bits per heavy atom. The lowest BCUT2D eigenvalue weighted by atomic mass is 9.96. The van der Waals surface area contributed by atoms with Crippen molar-refractivity contribution in [3.8, 4) is 0 Å². The first-order valence-corrected chi connectivity index (χ1v) is 16.4. The van der Waals surface area contributed by atoms with Crippen molar-refractivity contribution in [2.24, 2.45) is 0 Å². The molecule has 2 atom stereocenters. The monoisotopic (exact) mass is 630 g/mol. The van der Waals surface area contributed by atoms with Gasteiger partial charge in [0.05, 0.1) is 18.2 Å². The maximum atomic E-state index is 13.1. The van der Waals surface area contributed by atoms with Crippen molar-refractivity contribution in [2.45, 2.75) is 47.6 Å². The van der Waals surface area contributed by atoms with E-state index in [1.165, 1.54) is 33.1 Å². The van der Waals surface area contributed by atoms with Crippen LogP contribution in [-0.2, 0) is 24.1 Å². The number of likely N-dealkylation sites (N-methyl/N-ethyl adjacent to an activating group) is 1. The highest BCUT2D eigenvalue weighted by atomic mass is 32.2. The molecule has 0 aromatic heterocycles. The Morgan fingerprint density at radius 3 is 2.05 bits per heavy atom. The minimum Gasteiger partial charge on any atom is -0.349 e. The smallest absolute Gasteiger partial charge is 0.349 e. The Balaban J connectivity index is 1.47. The predicted molar refractivity (Wildman–Crippen MR) is 167 cm³/mol. The lowest BCUT2D eigenvalue weighted by Gasteiger charge is -2.43. The van der Waals surface area contributed by atoms with Gasteiger partial charge in [-0.05, 0) is 86.1 Å². The number of rotatable bonds is 11.